The van der Waals surface area contributed by atoms with Crippen LogP contribution in [0.3, 0.4) is 0 Å². The second-order valence-electron chi connectivity index (χ2n) is 7.74. The zero-order valence-electron chi connectivity index (χ0n) is 18.2. The minimum absolute atomic E-state index is 0. The van der Waals surface area contributed by atoms with Gasteiger partial charge in [0.05, 0.1) is 0 Å². The van der Waals surface area contributed by atoms with E-state index in [1.807, 2.05) is 0 Å². The first kappa shape index (κ1) is 28.8. The second-order valence-corrected chi connectivity index (χ2v) is 8.52. The summed E-state index contributed by atoms with van der Waals surface area (Å²) in [6, 6.07) is 33.2. The Hall–Kier alpha value is -1.28. The first-order chi connectivity index (χ1) is 14.3. The third-order valence-electron chi connectivity index (χ3n) is 6.05. The molecule has 0 amide bonds. The molecule has 0 nitrogen and oxygen atoms in total. The maximum Gasteiger partial charge on any atom is -1.00 e. The number of rotatable bonds is 7. The molecule has 1 aliphatic carbocycles. The van der Waals surface area contributed by atoms with Crippen LogP contribution >= 0.6 is 0 Å². The molecule has 0 aliphatic heterocycles. The Morgan fingerprint density at radius 3 is 1.47 bits per heavy atom. The summed E-state index contributed by atoms with van der Waals surface area (Å²) in [4.78, 5) is 0. The maximum atomic E-state index is 2.48. The Balaban J connectivity index is 0.00000171. The Labute approximate surface area is 223 Å². The SMILES string of the molecule is CCCCC1=CCC(C(c2ccccc2)(c2ccccc2)c2ccccc2)=[C]1[Ti+3].[Cl-].[Cl-].[Cl-]. The normalized spacial score (nSPS) is 12.9. The van der Waals surface area contributed by atoms with Gasteiger partial charge in [0.2, 0.25) is 0 Å². The standard InChI is InChI=1S/C28H27.3ClH.Ti/c1-2-3-13-23-20-21-27(22-23)28(24-14-7-4-8-15-24,25-16-9-5-10-17-25)26-18-11-6-12-19-26;;;;/h4-12,14-20H,2-3,13,21H2,1H3;3*1H;/q;;;;+3/p-3. The number of allylic oxidation sites excluding steroid dienone is 4. The second kappa shape index (κ2) is 13.4. The van der Waals surface area contributed by atoms with E-state index in [2.05, 4.69) is 124 Å². The predicted octanol–water partition coefficient (Wildman–Crippen LogP) is -1.65. The van der Waals surface area contributed by atoms with E-state index >= 15 is 0 Å². The zero-order chi connectivity index (χ0) is 20.1. The van der Waals surface area contributed by atoms with E-state index in [4.69, 9.17) is 0 Å². The number of halogens is 3. The van der Waals surface area contributed by atoms with E-state index in [1.54, 1.807) is 0 Å². The van der Waals surface area contributed by atoms with Gasteiger partial charge >= 0.3 is 187 Å². The van der Waals surface area contributed by atoms with Crippen molar-refractivity contribution in [3.8, 4) is 0 Å². The van der Waals surface area contributed by atoms with Crippen molar-refractivity contribution < 1.29 is 57.7 Å². The minimum Gasteiger partial charge on any atom is -1.00 e. The molecule has 3 aromatic carbocycles. The first-order valence-corrected chi connectivity index (χ1v) is 11.4. The Morgan fingerprint density at radius 2 is 1.09 bits per heavy atom. The van der Waals surface area contributed by atoms with Crippen molar-refractivity contribution in [2.45, 2.75) is 38.0 Å². The molecule has 164 valence electrons. The zero-order valence-corrected chi connectivity index (χ0v) is 22.0. The van der Waals surface area contributed by atoms with Crippen molar-refractivity contribution >= 4 is 0 Å². The molecule has 0 spiro atoms. The van der Waals surface area contributed by atoms with Crippen LogP contribution in [0, 0.1) is 0 Å². The van der Waals surface area contributed by atoms with Gasteiger partial charge in [0, 0.05) is 0 Å². The largest absolute Gasteiger partial charge is 1.00 e. The molecule has 0 unspecified atom stereocenters. The third kappa shape index (κ3) is 5.44. The fourth-order valence-electron chi connectivity index (χ4n) is 4.65. The van der Waals surface area contributed by atoms with Crippen LogP contribution in [0.25, 0.3) is 0 Å². The summed E-state index contributed by atoms with van der Waals surface area (Å²) >= 11 is 2.34. The molecule has 0 bridgehead atoms. The molecule has 4 heteroatoms. The van der Waals surface area contributed by atoms with E-state index in [9.17, 15) is 0 Å². The van der Waals surface area contributed by atoms with Crippen molar-refractivity contribution in [3.05, 3.63) is 129 Å². The molecule has 0 fully saturated rings. The first-order valence-electron chi connectivity index (χ1n) is 10.6. The number of hydrogen-bond acceptors (Lipinski definition) is 0. The van der Waals surface area contributed by atoms with E-state index in [0.29, 0.717) is 0 Å². The van der Waals surface area contributed by atoms with Crippen LogP contribution in [0.15, 0.2) is 112 Å². The van der Waals surface area contributed by atoms with Crippen molar-refractivity contribution in [3.63, 3.8) is 0 Å². The predicted molar refractivity (Wildman–Crippen MR) is 118 cm³/mol. The van der Waals surface area contributed by atoms with Crippen molar-refractivity contribution in [2.75, 3.05) is 0 Å². The molecule has 0 saturated heterocycles. The fraction of sp³-hybridized carbons (Fsp3) is 0.214. The Kier molecular flexibility index (Phi) is 12.1. The van der Waals surface area contributed by atoms with Gasteiger partial charge in [-0.1, -0.05) is 0 Å². The summed E-state index contributed by atoms with van der Waals surface area (Å²) in [7, 11) is 0. The number of unbranched alkanes of at least 4 members (excludes halogenated alkanes) is 1. The molecule has 0 heterocycles. The van der Waals surface area contributed by atoms with Gasteiger partial charge in [-0.15, -0.1) is 0 Å². The maximum absolute atomic E-state index is 2.48. The fourth-order valence-corrected chi connectivity index (χ4v) is 5.45. The van der Waals surface area contributed by atoms with Crippen LogP contribution in [-0.2, 0) is 25.9 Å². The summed E-state index contributed by atoms with van der Waals surface area (Å²) in [6.07, 6.45) is 7.17. The summed E-state index contributed by atoms with van der Waals surface area (Å²) in [5, 5.41) is 0. The summed E-state index contributed by atoms with van der Waals surface area (Å²) < 4.78 is 1.48. The molecule has 32 heavy (non-hydrogen) atoms. The average molecular weight is 518 g/mol. The molecule has 0 atom stereocenters. The van der Waals surface area contributed by atoms with E-state index in [0.717, 1.165) is 6.42 Å². The van der Waals surface area contributed by atoms with Crippen LogP contribution in [0.1, 0.15) is 49.3 Å². The summed E-state index contributed by atoms with van der Waals surface area (Å²) in [5.74, 6) is 0. The summed E-state index contributed by atoms with van der Waals surface area (Å²) in [5.41, 5.74) is 6.82. The molecular weight excluding hydrogens is 491 g/mol. The van der Waals surface area contributed by atoms with Gasteiger partial charge < -0.3 is 37.2 Å². The quantitative estimate of drug-likeness (QED) is 0.261. The monoisotopic (exact) mass is 516 g/mol. The van der Waals surface area contributed by atoms with E-state index < -0.39 is 0 Å². The smallest absolute Gasteiger partial charge is 1.00 e. The minimum atomic E-state index is -0.266. The topological polar surface area (TPSA) is 0 Å². The van der Waals surface area contributed by atoms with Crippen LogP contribution < -0.4 is 37.2 Å². The van der Waals surface area contributed by atoms with Crippen LogP contribution in [0.2, 0.25) is 0 Å². The number of hydrogen-bond donors (Lipinski definition) is 0. The molecule has 0 N–H and O–H groups in total. The van der Waals surface area contributed by atoms with Crippen molar-refractivity contribution in [1.82, 2.24) is 0 Å². The summed E-state index contributed by atoms with van der Waals surface area (Å²) in [6.45, 7) is 2.28. The van der Waals surface area contributed by atoms with Crippen LogP contribution in [0.4, 0.5) is 0 Å². The van der Waals surface area contributed by atoms with Crippen LogP contribution in [0.5, 0.6) is 0 Å². The van der Waals surface area contributed by atoms with Gasteiger partial charge in [-0.05, 0) is 0 Å². The van der Waals surface area contributed by atoms with Gasteiger partial charge in [-0.3, -0.25) is 0 Å². The van der Waals surface area contributed by atoms with Gasteiger partial charge in [-0.25, -0.2) is 0 Å². The molecule has 4 rings (SSSR count). The Bertz CT molecular complexity index is 916. The molecule has 1 aliphatic rings. The Morgan fingerprint density at radius 1 is 0.688 bits per heavy atom. The molecule has 0 radical (unpaired) electrons. The molecular formula is C28H27Cl3Ti. The van der Waals surface area contributed by atoms with Gasteiger partial charge in [0.25, 0.3) is 0 Å². The molecule has 3 aromatic rings. The van der Waals surface area contributed by atoms with Crippen molar-refractivity contribution in [1.29, 1.82) is 0 Å². The van der Waals surface area contributed by atoms with E-state index in [1.165, 1.54) is 51.0 Å². The van der Waals surface area contributed by atoms with Gasteiger partial charge in [0.15, 0.2) is 0 Å². The van der Waals surface area contributed by atoms with Gasteiger partial charge in [0.1, 0.15) is 0 Å². The van der Waals surface area contributed by atoms with Gasteiger partial charge in [-0.2, -0.15) is 0 Å². The van der Waals surface area contributed by atoms with Crippen LogP contribution in [-0.4, -0.2) is 0 Å². The number of benzene rings is 3. The molecule has 0 aromatic heterocycles. The van der Waals surface area contributed by atoms with Crippen molar-refractivity contribution in [2.24, 2.45) is 0 Å². The third-order valence-corrected chi connectivity index (χ3v) is 7.02. The average Bonchev–Trinajstić information content (AvgIpc) is 3.16. The van der Waals surface area contributed by atoms with E-state index in [-0.39, 0.29) is 42.6 Å². The molecule has 0 saturated carbocycles.